The number of nitrogens with zero attached hydrogens (tertiary/aromatic N) is 2. The van der Waals surface area contributed by atoms with Gasteiger partial charge in [0.1, 0.15) is 0 Å². The lowest BCUT2D eigenvalue weighted by atomic mass is 10.2. The van der Waals surface area contributed by atoms with Gasteiger partial charge in [-0.05, 0) is 38.1 Å². The third-order valence-corrected chi connectivity index (χ3v) is 4.34. The van der Waals surface area contributed by atoms with Crippen LogP contribution in [0.15, 0.2) is 24.3 Å². The SMILES string of the molecule is CN(CC(=O)Nc1ccccc1Cl)C(=O)CN1CCCCCC1. The molecule has 1 heterocycles. The van der Waals surface area contributed by atoms with E-state index >= 15 is 0 Å². The molecule has 0 unspecified atom stereocenters. The van der Waals surface area contributed by atoms with Crippen LogP contribution in [0, 0.1) is 0 Å². The molecule has 0 radical (unpaired) electrons. The number of rotatable bonds is 5. The molecular formula is C17H24ClN3O2. The average molecular weight is 338 g/mol. The van der Waals surface area contributed by atoms with Crippen LogP contribution in [0.25, 0.3) is 0 Å². The quantitative estimate of drug-likeness (QED) is 0.898. The summed E-state index contributed by atoms with van der Waals surface area (Å²) in [6.07, 6.45) is 4.76. The van der Waals surface area contributed by atoms with Crippen molar-refractivity contribution in [3.05, 3.63) is 29.3 Å². The lowest BCUT2D eigenvalue weighted by molar-refractivity contribution is -0.134. The van der Waals surface area contributed by atoms with Gasteiger partial charge in [0.05, 0.1) is 23.8 Å². The molecule has 0 bridgehead atoms. The zero-order valence-electron chi connectivity index (χ0n) is 13.6. The molecule has 1 aromatic rings. The molecule has 0 spiro atoms. The summed E-state index contributed by atoms with van der Waals surface area (Å²) in [7, 11) is 1.66. The van der Waals surface area contributed by atoms with Crippen LogP contribution >= 0.6 is 11.6 Å². The van der Waals surface area contributed by atoms with E-state index in [1.807, 2.05) is 0 Å². The van der Waals surface area contributed by atoms with Gasteiger partial charge < -0.3 is 10.2 Å². The van der Waals surface area contributed by atoms with Gasteiger partial charge in [-0.15, -0.1) is 0 Å². The summed E-state index contributed by atoms with van der Waals surface area (Å²) in [6.45, 7) is 2.34. The number of hydrogen-bond acceptors (Lipinski definition) is 3. The molecule has 2 rings (SSSR count). The predicted molar refractivity (Wildman–Crippen MR) is 92.6 cm³/mol. The lowest BCUT2D eigenvalue weighted by Crippen LogP contribution is -2.42. The van der Waals surface area contributed by atoms with E-state index in [1.165, 1.54) is 17.7 Å². The van der Waals surface area contributed by atoms with Crippen molar-refractivity contribution in [3.8, 4) is 0 Å². The van der Waals surface area contributed by atoms with Gasteiger partial charge in [0, 0.05) is 7.05 Å². The number of nitrogens with one attached hydrogen (secondary N) is 1. The second kappa shape index (κ2) is 8.89. The predicted octanol–water partition coefficient (Wildman–Crippen LogP) is 2.61. The van der Waals surface area contributed by atoms with Crippen molar-refractivity contribution in [3.63, 3.8) is 0 Å². The number of anilines is 1. The first kappa shape index (κ1) is 17.8. The number of amides is 2. The number of carbonyl (C=O) groups is 2. The second-order valence-corrected chi connectivity index (χ2v) is 6.38. The highest BCUT2D eigenvalue weighted by Crippen LogP contribution is 2.20. The molecule has 126 valence electrons. The van der Waals surface area contributed by atoms with Gasteiger partial charge in [-0.1, -0.05) is 36.6 Å². The van der Waals surface area contributed by atoms with E-state index in [4.69, 9.17) is 11.6 Å². The Morgan fingerprint density at radius 3 is 2.48 bits per heavy atom. The molecule has 1 aliphatic heterocycles. The lowest BCUT2D eigenvalue weighted by Gasteiger charge is -2.23. The van der Waals surface area contributed by atoms with Crippen LogP contribution in [0.2, 0.25) is 5.02 Å². The minimum Gasteiger partial charge on any atom is -0.335 e. The van der Waals surface area contributed by atoms with Crippen molar-refractivity contribution >= 4 is 29.1 Å². The third-order valence-electron chi connectivity index (χ3n) is 4.01. The molecule has 1 aliphatic rings. The maximum absolute atomic E-state index is 12.3. The van der Waals surface area contributed by atoms with Crippen molar-refractivity contribution < 1.29 is 9.59 Å². The first-order chi connectivity index (χ1) is 11.1. The Hall–Kier alpha value is -1.59. The number of hydrogen-bond donors (Lipinski definition) is 1. The first-order valence-electron chi connectivity index (χ1n) is 8.07. The van der Waals surface area contributed by atoms with E-state index in [0.29, 0.717) is 17.3 Å². The van der Waals surface area contributed by atoms with Gasteiger partial charge in [0.15, 0.2) is 0 Å². The number of likely N-dealkylation sites (N-methyl/N-ethyl adjacent to an activating group) is 1. The van der Waals surface area contributed by atoms with Crippen LogP contribution in [-0.4, -0.2) is 54.8 Å². The molecule has 0 saturated carbocycles. The fraction of sp³-hybridized carbons (Fsp3) is 0.529. The molecule has 23 heavy (non-hydrogen) atoms. The van der Waals surface area contributed by atoms with E-state index in [2.05, 4.69) is 10.2 Å². The standard InChI is InChI=1S/C17H24ClN3O2/c1-20(17(23)13-21-10-6-2-3-7-11-21)12-16(22)19-15-9-5-4-8-14(15)18/h4-5,8-9H,2-3,6-7,10-13H2,1H3,(H,19,22). The fourth-order valence-corrected chi connectivity index (χ4v) is 2.85. The van der Waals surface area contributed by atoms with Crippen LogP contribution in [0.1, 0.15) is 25.7 Å². The highest BCUT2D eigenvalue weighted by Gasteiger charge is 2.18. The summed E-state index contributed by atoms with van der Waals surface area (Å²) in [5, 5.41) is 3.22. The number of halogens is 1. The zero-order chi connectivity index (χ0) is 16.7. The normalized spacial score (nSPS) is 15.7. The maximum atomic E-state index is 12.3. The van der Waals surface area contributed by atoms with Crippen LogP contribution in [-0.2, 0) is 9.59 Å². The smallest absolute Gasteiger partial charge is 0.244 e. The van der Waals surface area contributed by atoms with Crippen LogP contribution < -0.4 is 5.32 Å². The van der Waals surface area contributed by atoms with Gasteiger partial charge in [0.2, 0.25) is 11.8 Å². The summed E-state index contributed by atoms with van der Waals surface area (Å²) in [5.41, 5.74) is 0.563. The van der Waals surface area contributed by atoms with Crippen molar-refractivity contribution in [1.82, 2.24) is 9.80 Å². The Balaban J connectivity index is 1.80. The number of carbonyl (C=O) groups excluding carboxylic acids is 2. The third kappa shape index (κ3) is 5.84. The summed E-state index contributed by atoms with van der Waals surface area (Å²) in [5.74, 6) is -0.272. The molecule has 1 fully saturated rings. The van der Waals surface area contributed by atoms with E-state index < -0.39 is 0 Å². The van der Waals surface area contributed by atoms with Crippen molar-refractivity contribution in [2.24, 2.45) is 0 Å². The molecule has 1 saturated heterocycles. The van der Waals surface area contributed by atoms with Crippen molar-refractivity contribution in [2.45, 2.75) is 25.7 Å². The summed E-state index contributed by atoms with van der Waals surface area (Å²) < 4.78 is 0. The fourth-order valence-electron chi connectivity index (χ4n) is 2.66. The largest absolute Gasteiger partial charge is 0.335 e. The van der Waals surface area contributed by atoms with Crippen molar-refractivity contribution in [1.29, 1.82) is 0 Å². The summed E-state index contributed by atoms with van der Waals surface area (Å²) in [4.78, 5) is 28.0. The van der Waals surface area contributed by atoms with Crippen LogP contribution in [0.4, 0.5) is 5.69 Å². The van der Waals surface area contributed by atoms with Gasteiger partial charge in [-0.2, -0.15) is 0 Å². The Kier molecular flexibility index (Phi) is 6.86. The van der Waals surface area contributed by atoms with Gasteiger partial charge >= 0.3 is 0 Å². The zero-order valence-corrected chi connectivity index (χ0v) is 14.3. The minimum atomic E-state index is -0.246. The first-order valence-corrected chi connectivity index (χ1v) is 8.45. The topological polar surface area (TPSA) is 52.7 Å². The van der Waals surface area contributed by atoms with E-state index in [-0.39, 0.29) is 18.4 Å². The molecule has 0 atom stereocenters. The van der Waals surface area contributed by atoms with E-state index in [0.717, 1.165) is 25.9 Å². The second-order valence-electron chi connectivity index (χ2n) is 5.97. The van der Waals surface area contributed by atoms with Gasteiger partial charge in [-0.25, -0.2) is 0 Å². The van der Waals surface area contributed by atoms with Crippen molar-refractivity contribution in [2.75, 3.05) is 38.5 Å². The average Bonchev–Trinajstić information content (AvgIpc) is 2.78. The number of para-hydroxylation sites is 1. The Morgan fingerprint density at radius 1 is 1.17 bits per heavy atom. The molecule has 2 amide bonds. The minimum absolute atomic E-state index is 0.0257. The molecule has 6 heteroatoms. The Bertz CT molecular complexity index is 542. The Morgan fingerprint density at radius 2 is 1.83 bits per heavy atom. The summed E-state index contributed by atoms with van der Waals surface area (Å²) in [6, 6.07) is 7.05. The molecule has 0 aromatic heterocycles. The highest BCUT2D eigenvalue weighted by molar-refractivity contribution is 6.33. The summed E-state index contributed by atoms with van der Waals surface area (Å²) >= 11 is 6.01. The molecule has 5 nitrogen and oxygen atoms in total. The highest BCUT2D eigenvalue weighted by atomic mass is 35.5. The van der Waals surface area contributed by atoms with Crippen LogP contribution in [0.3, 0.4) is 0 Å². The van der Waals surface area contributed by atoms with Gasteiger partial charge in [-0.3, -0.25) is 14.5 Å². The monoisotopic (exact) mass is 337 g/mol. The molecule has 1 N–H and O–H groups in total. The maximum Gasteiger partial charge on any atom is 0.244 e. The van der Waals surface area contributed by atoms with Gasteiger partial charge in [0.25, 0.3) is 0 Å². The Labute approximate surface area is 142 Å². The number of benzene rings is 1. The molecule has 1 aromatic carbocycles. The van der Waals surface area contributed by atoms with E-state index in [9.17, 15) is 9.59 Å². The molecular weight excluding hydrogens is 314 g/mol. The molecule has 0 aliphatic carbocycles. The number of likely N-dealkylation sites (tertiary alicyclic amines) is 1. The van der Waals surface area contributed by atoms with Crippen LogP contribution in [0.5, 0.6) is 0 Å². The van der Waals surface area contributed by atoms with E-state index in [1.54, 1.807) is 31.3 Å².